The van der Waals surface area contributed by atoms with Gasteiger partial charge in [-0.1, -0.05) is 34.1 Å². The molecule has 2 bridgehead atoms. The van der Waals surface area contributed by atoms with Gasteiger partial charge < -0.3 is 19.7 Å². The number of aliphatic hydroxyl groups excluding tert-OH is 2. The van der Waals surface area contributed by atoms with Crippen LogP contribution in [0.4, 0.5) is 0 Å². The van der Waals surface area contributed by atoms with E-state index in [1.54, 1.807) is 32.1 Å². The summed E-state index contributed by atoms with van der Waals surface area (Å²) in [6.45, 7) is 10.8. The van der Waals surface area contributed by atoms with E-state index in [9.17, 15) is 19.8 Å². The van der Waals surface area contributed by atoms with Gasteiger partial charge in [-0.15, -0.1) is 11.3 Å². The van der Waals surface area contributed by atoms with Gasteiger partial charge in [-0.05, 0) is 50.7 Å². The first-order chi connectivity index (χ1) is 16.4. The van der Waals surface area contributed by atoms with Gasteiger partial charge in [-0.2, -0.15) is 0 Å². The van der Waals surface area contributed by atoms with Gasteiger partial charge in [0.05, 0.1) is 47.0 Å². The highest BCUT2D eigenvalue weighted by Crippen LogP contribution is 2.35. The number of ketones is 1. The number of carbonyl (C=O) groups excluding carboxylic acids is 2. The zero-order chi connectivity index (χ0) is 25.9. The molecule has 2 N–H and O–H groups in total. The number of hydrogen-bond donors (Lipinski definition) is 2. The van der Waals surface area contributed by atoms with Gasteiger partial charge in [0.2, 0.25) is 0 Å². The second-order valence-electron chi connectivity index (χ2n) is 11.0. The molecule has 0 amide bonds. The number of ether oxygens (including phenoxy) is 2. The number of hydrogen-bond acceptors (Lipinski definition) is 8. The largest absolute Gasteiger partial charge is 0.458 e. The predicted octanol–water partition coefficient (Wildman–Crippen LogP) is 4.48. The van der Waals surface area contributed by atoms with Crippen LogP contribution in [0, 0.1) is 24.2 Å². The number of aliphatic hydroxyl groups is 2. The topological polar surface area (TPSA) is 106 Å². The summed E-state index contributed by atoms with van der Waals surface area (Å²) in [5, 5.41) is 24.6. The quantitative estimate of drug-likeness (QED) is 0.569. The Balaban J connectivity index is 1.81. The first-order valence-corrected chi connectivity index (χ1v) is 13.6. The van der Waals surface area contributed by atoms with Crippen molar-refractivity contribution in [1.29, 1.82) is 0 Å². The van der Waals surface area contributed by atoms with Crippen LogP contribution < -0.4 is 0 Å². The van der Waals surface area contributed by atoms with Crippen LogP contribution in [0.25, 0.3) is 6.08 Å². The van der Waals surface area contributed by atoms with E-state index >= 15 is 0 Å². The molecule has 3 aliphatic rings. The van der Waals surface area contributed by atoms with Crippen molar-refractivity contribution in [2.24, 2.45) is 17.3 Å². The number of nitrogens with zero attached hydrogens (tertiary/aromatic N) is 1. The number of thiazole rings is 1. The molecule has 1 aromatic rings. The zero-order valence-corrected chi connectivity index (χ0v) is 22.6. The van der Waals surface area contributed by atoms with Crippen LogP contribution in [-0.2, 0) is 19.1 Å². The number of fused-ring (bicyclic) bond motifs is 13. The van der Waals surface area contributed by atoms with Crippen molar-refractivity contribution in [3.05, 3.63) is 21.7 Å². The lowest BCUT2D eigenvalue weighted by molar-refractivity contribution is -0.163. The lowest BCUT2D eigenvalue weighted by atomic mass is 9.73. The van der Waals surface area contributed by atoms with Gasteiger partial charge in [0.15, 0.2) is 0 Å². The maximum Gasteiger partial charge on any atom is 0.309 e. The molecule has 0 saturated carbocycles. The van der Waals surface area contributed by atoms with Gasteiger partial charge in [0, 0.05) is 17.7 Å². The fourth-order valence-corrected chi connectivity index (χ4v) is 5.66. The number of esters is 1. The molecule has 8 heteroatoms. The third kappa shape index (κ3) is 7.00. The van der Waals surface area contributed by atoms with Crippen molar-refractivity contribution in [3.63, 3.8) is 0 Å². The minimum absolute atomic E-state index is 0.0000168. The number of rotatable bonds is 2. The molecule has 4 rings (SSSR count). The van der Waals surface area contributed by atoms with Crippen LogP contribution in [0.15, 0.2) is 11.0 Å². The molecule has 196 valence electrons. The van der Waals surface area contributed by atoms with E-state index < -0.39 is 35.6 Å². The molecule has 0 aliphatic carbocycles. The van der Waals surface area contributed by atoms with Crippen molar-refractivity contribution in [2.45, 2.75) is 111 Å². The van der Waals surface area contributed by atoms with E-state index in [1.165, 1.54) is 0 Å². The zero-order valence-electron chi connectivity index (χ0n) is 21.8. The maximum absolute atomic E-state index is 13.2. The summed E-state index contributed by atoms with van der Waals surface area (Å²) >= 11 is 1.56. The highest BCUT2D eigenvalue weighted by atomic mass is 32.1. The molecule has 1 aromatic heterocycles. The average molecular weight is 508 g/mol. The Labute approximate surface area is 212 Å². The Bertz CT molecular complexity index is 919. The van der Waals surface area contributed by atoms with Gasteiger partial charge in [0.1, 0.15) is 11.9 Å². The van der Waals surface area contributed by atoms with E-state index in [0.717, 1.165) is 42.0 Å². The second kappa shape index (κ2) is 11.6. The Morgan fingerprint density at radius 3 is 2.49 bits per heavy atom. The van der Waals surface area contributed by atoms with Crippen molar-refractivity contribution < 1.29 is 29.3 Å². The van der Waals surface area contributed by atoms with Crippen LogP contribution in [0.1, 0.15) is 83.8 Å². The maximum atomic E-state index is 13.2. The minimum Gasteiger partial charge on any atom is -0.458 e. The Kier molecular flexibility index (Phi) is 9.29. The summed E-state index contributed by atoms with van der Waals surface area (Å²) in [6.07, 6.45) is 3.30. The smallest absolute Gasteiger partial charge is 0.309 e. The van der Waals surface area contributed by atoms with Gasteiger partial charge in [-0.25, -0.2) is 4.98 Å². The standard InChI is InChI=1S/C27H41NO6S/c1-15-8-7-9-20-11-21(33-20)12-22(16(2)10-19-14-35-18(4)28-19)34-24(30)13-23(29)27(5,6)26(32)17(3)25(15)31/h10,14-15,17,20-23,25,29,31H,7-9,11-13H2,1-6H3. The average Bonchev–Trinajstić information content (AvgIpc) is 3.18. The predicted molar refractivity (Wildman–Crippen MR) is 136 cm³/mol. The fraction of sp³-hybridized carbons (Fsp3) is 0.741. The molecule has 7 atom stereocenters. The number of Topliss-reactive ketones (excluding diaryl/α,β-unsaturated/α-hetero) is 1. The van der Waals surface area contributed by atoms with Crippen LogP contribution in [0.5, 0.6) is 0 Å². The summed E-state index contributed by atoms with van der Waals surface area (Å²) in [5.41, 5.74) is 0.491. The van der Waals surface area contributed by atoms with Crippen molar-refractivity contribution in [1.82, 2.24) is 4.98 Å². The Morgan fingerprint density at radius 1 is 1.17 bits per heavy atom. The molecule has 3 fully saturated rings. The van der Waals surface area contributed by atoms with Crippen LogP contribution in [0.2, 0.25) is 0 Å². The van der Waals surface area contributed by atoms with E-state index in [2.05, 4.69) is 4.98 Å². The van der Waals surface area contributed by atoms with Crippen LogP contribution in [0.3, 0.4) is 0 Å². The Hall–Kier alpha value is -1.61. The lowest BCUT2D eigenvalue weighted by Gasteiger charge is -2.38. The molecular formula is C27H41NO6S. The Morgan fingerprint density at radius 2 is 1.86 bits per heavy atom. The van der Waals surface area contributed by atoms with Crippen LogP contribution in [-0.4, -0.2) is 57.5 Å². The molecule has 3 saturated heterocycles. The van der Waals surface area contributed by atoms with E-state index in [1.807, 2.05) is 32.2 Å². The van der Waals surface area contributed by atoms with E-state index in [4.69, 9.17) is 9.47 Å². The molecule has 3 aliphatic heterocycles. The van der Waals surface area contributed by atoms with Gasteiger partial charge >= 0.3 is 5.97 Å². The SMILES string of the molecule is CC(=Cc1csc(C)n1)C1CC2CC(CCCC(C)C(O)C(C)C(=O)C(C)(C)C(O)CC(=O)O1)O2. The van der Waals surface area contributed by atoms with Gasteiger partial charge in [0.25, 0.3) is 0 Å². The van der Waals surface area contributed by atoms with Crippen LogP contribution >= 0.6 is 11.3 Å². The summed E-state index contributed by atoms with van der Waals surface area (Å²) in [7, 11) is 0. The molecule has 7 nitrogen and oxygen atoms in total. The van der Waals surface area contributed by atoms with Crippen molar-refractivity contribution in [3.8, 4) is 0 Å². The van der Waals surface area contributed by atoms with Crippen molar-refractivity contribution >= 4 is 29.2 Å². The molecule has 4 heterocycles. The first kappa shape index (κ1) is 28.0. The molecule has 7 unspecified atom stereocenters. The fourth-order valence-electron chi connectivity index (χ4n) is 5.09. The normalized spacial score (nSPS) is 35.7. The third-order valence-electron chi connectivity index (χ3n) is 7.70. The first-order valence-electron chi connectivity index (χ1n) is 12.7. The van der Waals surface area contributed by atoms with E-state index in [-0.39, 0.29) is 30.3 Å². The number of aromatic nitrogens is 1. The molecule has 35 heavy (non-hydrogen) atoms. The number of carbonyl (C=O) groups is 2. The van der Waals surface area contributed by atoms with Gasteiger partial charge in [-0.3, -0.25) is 9.59 Å². The van der Waals surface area contributed by atoms with Crippen molar-refractivity contribution in [2.75, 3.05) is 0 Å². The second-order valence-corrected chi connectivity index (χ2v) is 12.1. The summed E-state index contributed by atoms with van der Waals surface area (Å²) in [4.78, 5) is 30.6. The molecule has 0 radical (unpaired) electrons. The molecular weight excluding hydrogens is 466 g/mol. The molecule has 0 spiro atoms. The summed E-state index contributed by atoms with van der Waals surface area (Å²) < 4.78 is 11.9. The summed E-state index contributed by atoms with van der Waals surface area (Å²) in [5.74, 6) is -1.51. The monoisotopic (exact) mass is 507 g/mol. The number of aryl methyl sites for hydroxylation is 1. The highest BCUT2D eigenvalue weighted by Gasteiger charge is 2.43. The molecule has 0 aromatic carbocycles. The van der Waals surface area contributed by atoms with E-state index in [0.29, 0.717) is 6.42 Å². The minimum atomic E-state index is -1.22. The lowest BCUT2D eigenvalue weighted by Crippen LogP contribution is -2.45. The summed E-state index contributed by atoms with van der Waals surface area (Å²) in [6, 6.07) is 0. The highest BCUT2D eigenvalue weighted by molar-refractivity contribution is 7.09. The third-order valence-corrected chi connectivity index (χ3v) is 8.50.